The minimum absolute atomic E-state index is 0.00640. The molecule has 180 valence electrons. The molecule has 1 unspecified atom stereocenters. The Morgan fingerprint density at radius 3 is 2.56 bits per heavy atom. The maximum atomic E-state index is 13.1. The average molecular weight is 463 g/mol. The van der Waals surface area contributed by atoms with Gasteiger partial charge in [-0.3, -0.25) is 14.5 Å². The summed E-state index contributed by atoms with van der Waals surface area (Å²) in [6.45, 7) is 6.40. The summed E-state index contributed by atoms with van der Waals surface area (Å²) in [4.78, 5) is 30.5. The van der Waals surface area contributed by atoms with E-state index in [2.05, 4.69) is 34.5 Å². The number of nitrogens with one attached hydrogen (secondary N) is 1. The lowest BCUT2D eigenvalue weighted by Gasteiger charge is -2.32. The number of aliphatic hydroxyl groups excluding tert-OH is 1. The molecule has 2 aromatic rings. The molecule has 3 heterocycles. The fourth-order valence-electron chi connectivity index (χ4n) is 5.49. The molecule has 0 bridgehead atoms. The zero-order valence-corrected chi connectivity index (χ0v) is 19.9. The van der Waals surface area contributed by atoms with Gasteiger partial charge in [0.25, 0.3) is 5.91 Å². The van der Waals surface area contributed by atoms with Crippen LogP contribution in [-0.2, 0) is 24.3 Å². The second-order valence-electron chi connectivity index (χ2n) is 9.89. The van der Waals surface area contributed by atoms with Crippen LogP contribution in [0, 0.1) is 0 Å². The van der Waals surface area contributed by atoms with Crippen molar-refractivity contribution in [2.45, 2.75) is 51.4 Å². The second kappa shape index (κ2) is 9.76. The minimum atomic E-state index is -0.576. The molecule has 2 N–H and O–H groups in total. The van der Waals surface area contributed by atoms with Crippen LogP contribution in [0.25, 0.3) is 0 Å². The van der Waals surface area contributed by atoms with E-state index in [1.54, 1.807) is 11.8 Å². The van der Waals surface area contributed by atoms with Crippen molar-refractivity contribution in [3.05, 3.63) is 64.7 Å². The second-order valence-corrected chi connectivity index (χ2v) is 9.89. The van der Waals surface area contributed by atoms with Gasteiger partial charge in [0.15, 0.2) is 0 Å². The quantitative estimate of drug-likeness (QED) is 0.690. The molecular weight excluding hydrogens is 428 g/mol. The average Bonchev–Trinajstić information content (AvgIpc) is 3.14. The smallest absolute Gasteiger partial charge is 0.254 e. The molecule has 0 aliphatic carbocycles. The number of nitrogens with zero attached hydrogens (tertiary/aromatic N) is 3. The Morgan fingerprint density at radius 2 is 1.79 bits per heavy atom. The van der Waals surface area contributed by atoms with Crippen molar-refractivity contribution >= 4 is 17.5 Å². The topological polar surface area (TPSA) is 76.1 Å². The van der Waals surface area contributed by atoms with Crippen LogP contribution in [0.3, 0.4) is 0 Å². The Balaban J connectivity index is 1.14. The molecule has 7 nitrogen and oxygen atoms in total. The van der Waals surface area contributed by atoms with Gasteiger partial charge >= 0.3 is 0 Å². The summed E-state index contributed by atoms with van der Waals surface area (Å²) in [5, 5.41) is 14.3. The summed E-state index contributed by atoms with van der Waals surface area (Å²) in [5.74, 6) is 0.127. The SMILES string of the molecule is CC(=O)N1CCC(Nc2ccc3c(c2)C(=O)N(CC(O)CN2CCc4ccccc4C2)C3)CC1. The molecule has 0 saturated carbocycles. The summed E-state index contributed by atoms with van der Waals surface area (Å²) in [7, 11) is 0. The van der Waals surface area contributed by atoms with Crippen LogP contribution in [0.5, 0.6) is 0 Å². The number of likely N-dealkylation sites (tertiary alicyclic amines) is 1. The van der Waals surface area contributed by atoms with Gasteiger partial charge in [-0.05, 0) is 48.1 Å². The fraction of sp³-hybridized carbons (Fsp3) is 0.481. The number of β-amino-alcohol motifs (C(OH)–C–C–N with tert-alkyl or cyclic N) is 1. The third-order valence-electron chi connectivity index (χ3n) is 7.41. The molecule has 1 atom stereocenters. The van der Waals surface area contributed by atoms with E-state index >= 15 is 0 Å². The molecule has 1 saturated heterocycles. The van der Waals surface area contributed by atoms with E-state index in [9.17, 15) is 14.7 Å². The highest BCUT2D eigenvalue weighted by atomic mass is 16.3. The van der Waals surface area contributed by atoms with Crippen molar-refractivity contribution in [2.75, 3.05) is 38.0 Å². The number of hydrogen-bond acceptors (Lipinski definition) is 5. The van der Waals surface area contributed by atoms with Crippen molar-refractivity contribution in [3.63, 3.8) is 0 Å². The van der Waals surface area contributed by atoms with E-state index < -0.39 is 6.10 Å². The molecule has 3 aliphatic heterocycles. The highest BCUT2D eigenvalue weighted by Gasteiger charge is 2.30. The van der Waals surface area contributed by atoms with E-state index in [-0.39, 0.29) is 11.8 Å². The first kappa shape index (κ1) is 22.9. The third kappa shape index (κ3) is 4.95. The largest absolute Gasteiger partial charge is 0.390 e. The summed E-state index contributed by atoms with van der Waals surface area (Å²) in [6.07, 6.45) is 2.24. The fourth-order valence-corrected chi connectivity index (χ4v) is 5.49. The summed E-state index contributed by atoms with van der Waals surface area (Å²) < 4.78 is 0. The van der Waals surface area contributed by atoms with Crippen molar-refractivity contribution in [1.82, 2.24) is 14.7 Å². The molecule has 0 aromatic heterocycles. The van der Waals surface area contributed by atoms with Gasteiger partial charge in [-0.1, -0.05) is 30.3 Å². The van der Waals surface area contributed by atoms with Crippen LogP contribution in [0.2, 0.25) is 0 Å². The van der Waals surface area contributed by atoms with Crippen molar-refractivity contribution in [2.24, 2.45) is 0 Å². The van der Waals surface area contributed by atoms with Crippen molar-refractivity contribution < 1.29 is 14.7 Å². The Hall–Kier alpha value is -2.90. The van der Waals surface area contributed by atoms with E-state index in [0.29, 0.717) is 25.7 Å². The maximum Gasteiger partial charge on any atom is 0.254 e. The molecule has 0 radical (unpaired) electrons. The summed E-state index contributed by atoms with van der Waals surface area (Å²) in [5.41, 5.74) is 5.42. The molecule has 5 rings (SSSR count). The molecule has 3 aliphatic rings. The third-order valence-corrected chi connectivity index (χ3v) is 7.41. The highest BCUT2D eigenvalue weighted by molar-refractivity contribution is 5.99. The number of piperidine rings is 1. The Labute approximate surface area is 201 Å². The molecule has 1 fully saturated rings. The predicted molar refractivity (Wildman–Crippen MR) is 132 cm³/mol. The predicted octanol–water partition coefficient (Wildman–Crippen LogP) is 2.48. The summed E-state index contributed by atoms with van der Waals surface area (Å²) >= 11 is 0. The van der Waals surface area contributed by atoms with E-state index in [0.717, 1.165) is 62.3 Å². The molecule has 7 heteroatoms. The van der Waals surface area contributed by atoms with E-state index in [1.165, 1.54) is 11.1 Å². The summed E-state index contributed by atoms with van der Waals surface area (Å²) in [6, 6.07) is 14.8. The maximum absolute atomic E-state index is 13.1. The van der Waals surface area contributed by atoms with Gasteiger partial charge in [-0.25, -0.2) is 0 Å². The van der Waals surface area contributed by atoms with Gasteiger partial charge in [0, 0.05) is 70.0 Å². The zero-order chi connectivity index (χ0) is 23.7. The molecule has 2 aromatic carbocycles. The minimum Gasteiger partial charge on any atom is -0.390 e. The number of carbonyl (C=O) groups is 2. The van der Waals surface area contributed by atoms with Crippen molar-refractivity contribution in [1.29, 1.82) is 0 Å². The first-order valence-electron chi connectivity index (χ1n) is 12.4. The number of aliphatic hydroxyl groups is 1. The molecular formula is C27H34N4O3. The van der Waals surface area contributed by atoms with E-state index in [1.807, 2.05) is 23.1 Å². The highest BCUT2D eigenvalue weighted by Crippen LogP contribution is 2.27. The molecule has 2 amide bonds. The van der Waals surface area contributed by atoms with Crippen LogP contribution in [-0.4, -0.2) is 76.5 Å². The van der Waals surface area contributed by atoms with Crippen molar-refractivity contribution in [3.8, 4) is 0 Å². The van der Waals surface area contributed by atoms with Gasteiger partial charge in [0.2, 0.25) is 5.91 Å². The number of benzene rings is 2. The number of carbonyl (C=O) groups excluding carboxylic acids is 2. The lowest BCUT2D eigenvalue weighted by Crippen LogP contribution is -2.42. The van der Waals surface area contributed by atoms with Crippen LogP contribution in [0.1, 0.15) is 46.8 Å². The van der Waals surface area contributed by atoms with Gasteiger partial charge in [0.1, 0.15) is 0 Å². The first-order chi connectivity index (χ1) is 16.5. The number of rotatable bonds is 6. The van der Waals surface area contributed by atoms with Crippen LogP contribution < -0.4 is 5.32 Å². The first-order valence-corrected chi connectivity index (χ1v) is 12.4. The molecule has 34 heavy (non-hydrogen) atoms. The van der Waals surface area contributed by atoms with Gasteiger partial charge < -0.3 is 20.2 Å². The monoisotopic (exact) mass is 462 g/mol. The lowest BCUT2D eigenvalue weighted by molar-refractivity contribution is -0.129. The molecule has 0 spiro atoms. The van der Waals surface area contributed by atoms with Gasteiger partial charge in [0.05, 0.1) is 6.10 Å². The van der Waals surface area contributed by atoms with Crippen LogP contribution in [0.15, 0.2) is 42.5 Å². The number of fused-ring (bicyclic) bond motifs is 2. The Bertz CT molecular complexity index is 1060. The van der Waals surface area contributed by atoms with Crippen LogP contribution in [0.4, 0.5) is 5.69 Å². The van der Waals surface area contributed by atoms with Gasteiger partial charge in [-0.15, -0.1) is 0 Å². The number of anilines is 1. The standard InChI is InChI=1S/C27H34N4O3/c1-19(32)30-12-9-23(10-13-30)28-24-7-6-22-16-31(27(34)26(22)14-24)18-25(33)17-29-11-8-20-4-2-3-5-21(20)15-29/h2-7,14,23,25,28,33H,8-13,15-18H2,1H3. The Kier molecular flexibility index (Phi) is 6.57. The van der Waals surface area contributed by atoms with Crippen LogP contribution >= 0.6 is 0 Å². The number of amides is 2. The normalized spacial score (nSPS) is 19.6. The van der Waals surface area contributed by atoms with E-state index in [4.69, 9.17) is 0 Å². The van der Waals surface area contributed by atoms with Gasteiger partial charge in [-0.2, -0.15) is 0 Å². The lowest BCUT2D eigenvalue weighted by atomic mass is 10.00. The Morgan fingerprint density at radius 1 is 1.03 bits per heavy atom. The number of hydrogen-bond donors (Lipinski definition) is 2. The zero-order valence-electron chi connectivity index (χ0n) is 19.9.